The molecule has 1 amide bonds. The van der Waals surface area contributed by atoms with Crippen molar-refractivity contribution >= 4 is 5.91 Å². The topological polar surface area (TPSA) is 180 Å². The molecule has 11 heteroatoms. The Hall–Kier alpha value is -1.46. The minimum atomic E-state index is -1.55. The summed E-state index contributed by atoms with van der Waals surface area (Å²) in [7, 11) is 0. The van der Waals surface area contributed by atoms with Crippen LogP contribution in [0.2, 0.25) is 0 Å². The molecule has 0 spiro atoms. The molecule has 108 valence electrons. The second-order valence-corrected chi connectivity index (χ2v) is 3.84. The molecule has 1 saturated heterocycles. The van der Waals surface area contributed by atoms with Gasteiger partial charge in [0.05, 0.1) is 6.61 Å². The molecular formula is C8H15N5O6. The van der Waals surface area contributed by atoms with Gasteiger partial charge < -0.3 is 25.2 Å². The highest BCUT2D eigenvalue weighted by atomic mass is 16.6. The molecule has 1 rings (SSSR count). The Bertz CT molecular complexity index is 362. The predicted octanol–water partition coefficient (Wildman–Crippen LogP) is -3.28. The highest BCUT2D eigenvalue weighted by Gasteiger charge is 2.43. The zero-order valence-electron chi connectivity index (χ0n) is 9.75. The normalized spacial score (nSPS) is 34.4. The quantitative estimate of drug-likeness (QED) is 0.132. The molecule has 1 fully saturated rings. The molecule has 6 N–H and O–H groups in total. The van der Waals surface area contributed by atoms with Crippen LogP contribution in [0.1, 0.15) is 0 Å². The Balaban J connectivity index is 2.53. The number of carbonyl (C=O) groups excluding carboxylic acids is 1. The fourth-order valence-electron chi connectivity index (χ4n) is 1.55. The zero-order chi connectivity index (χ0) is 14.4. The molecule has 1 heterocycles. The molecule has 11 nitrogen and oxygen atoms in total. The second kappa shape index (κ2) is 7.21. The summed E-state index contributed by atoms with van der Waals surface area (Å²) >= 11 is 0. The molecule has 0 aromatic heterocycles. The molecule has 0 aromatic carbocycles. The van der Waals surface area contributed by atoms with E-state index in [0.717, 1.165) is 0 Å². The van der Waals surface area contributed by atoms with Crippen LogP contribution in [0, 0.1) is 0 Å². The van der Waals surface area contributed by atoms with Crippen LogP contribution < -0.4 is 10.9 Å². The minimum Gasteiger partial charge on any atom is -0.394 e. The van der Waals surface area contributed by atoms with Crippen LogP contribution in [-0.4, -0.2) is 70.1 Å². The van der Waals surface area contributed by atoms with Crippen molar-refractivity contribution in [2.45, 2.75) is 30.6 Å². The Morgan fingerprint density at radius 3 is 2.63 bits per heavy atom. The molecule has 0 radical (unpaired) electrons. The zero-order valence-corrected chi connectivity index (χ0v) is 9.75. The van der Waals surface area contributed by atoms with Gasteiger partial charge in [-0.25, -0.2) is 5.43 Å². The molecule has 0 bridgehead atoms. The van der Waals surface area contributed by atoms with Crippen molar-refractivity contribution < 1.29 is 30.0 Å². The van der Waals surface area contributed by atoms with Gasteiger partial charge in [0, 0.05) is 4.91 Å². The maximum absolute atomic E-state index is 11.1. The number of hydrogen-bond acceptors (Lipinski definition) is 8. The van der Waals surface area contributed by atoms with Gasteiger partial charge in [-0.1, -0.05) is 5.11 Å². The van der Waals surface area contributed by atoms with Gasteiger partial charge in [0.15, 0.2) is 6.29 Å². The second-order valence-electron chi connectivity index (χ2n) is 3.84. The summed E-state index contributed by atoms with van der Waals surface area (Å²) in [6, 6.07) is -1.20. The van der Waals surface area contributed by atoms with Gasteiger partial charge in [0.25, 0.3) is 0 Å². The lowest BCUT2D eigenvalue weighted by molar-refractivity contribution is -0.255. The minimum absolute atomic E-state index is 0.467. The summed E-state index contributed by atoms with van der Waals surface area (Å²) < 4.78 is 4.84. The summed E-state index contributed by atoms with van der Waals surface area (Å²) in [5, 5.41) is 40.7. The highest BCUT2D eigenvalue weighted by molar-refractivity contribution is 5.77. The van der Waals surface area contributed by atoms with E-state index in [4.69, 9.17) is 15.4 Å². The number of azide groups is 1. The van der Waals surface area contributed by atoms with E-state index < -0.39 is 49.7 Å². The van der Waals surface area contributed by atoms with Crippen molar-refractivity contribution in [3.63, 3.8) is 0 Å². The number of hydrogen-bond donors (Lipinski definition) is 6. The first-order chi connectivity index (χ1) is 9.01. The van der Waals surface area contributed by atoms with Crippen molar-refractivity contribution in [1.29, 1.82) is 0 Å². The maximum Gasteiger partial charge on any atom is 0.239 e. The van der Waals surface area contributed by atoms with Gasteiger partial charge in [-0.15, -0.1) is 0 Å². The summed E-state index contributed by atoms with van der Waals surface area (Å²) in [6.07, 6.45) is -5.57. The molecule has 0 aromatic rings. The molecule has 5 atom stereocenters. The van der Waals surface area contributed by atoms with Crippen LogP contribution in [0.4, 0.5) is 0 Å². The number of nitrogens with zero attached hydrogens (tertiary/aromatic N) is 3. The lowest BCUT2D eigenvalue weighted by atomic mass is 9.98. The van der Waals surface area contributed by atoms with E-state index >= 15 is 0 Å². The summed E-state index contributed by atoms with van der Waals surface area (Å²) in [6.45, 7) is -1.05. The third kappa shape index (κ3) is 4.01. The molecule has 19 heavy (non-hydrogen) atoms. The Morgan fingerprint density at radius 2 is 2.05 bits per heavy atom. The monoisotopic (exact) mass is 277 g/mol. The van der Waals surface area contributed by atoms with Crippen LogP contribution >= 0.6 is 0 Å². The van der Waals surface area contributed by atoms with Crippen molar-refractivity contribution in [3.05, 3.63) is 10.4 Å². The summed E-state index contributed by atoms with van der Waals surface area (Å²) in [5.74, 6) is -0.698. The van der Waals surface area contributed by atoms with E-state index in [-0.39, 0.29) is 0 Å². The van der Waals surface area contributed by atoms with E-state index in [2.05, 4.69) is 20.9 Å². The van der Waals surface area contributed by atoms with E-state index in [1.54, 1.807) is 0 Å². The standard InChI is InChI=1S/C8H15N5O6/c9-13-10-1-4(15)11-12-5-7(17)6(16)3(2-14)19-8(5)18/h3,5-8,12,14,16-18H,1-2H2,(H,11,15)/t3-,5-,6-,7-,8?/m1/s1. The Morgan fingerprint density at radius 1 is 1.37 bits per heavy atom. The fraction of sp³-hybridized carbons (Fsp3) is 0.875. The number of ether oxygens (including phenoxy) is 1. The van der Waals surface area contributed by atoms with E-state index in [1.165, 1.54) is 0 Å². The number of nitrogens with one attached hydrogen (secondary N) is 2. The van der Waals surface area contributed by atoms with Crippen molar-refractivity contribution in [2.24, 2.45) is 5.11 Å². The van der Waals surface area contributed by atoms with Gasteiger partial charge in [0.2, 0.25) is 5.91 Å². The van der Waals surface area contributed by atoms with Crippen molar-refractivity contribution in [3.8, 4) is 0 Å². The number of aliphatic hydroxyl groups excluding tert-OH is 4. The number of hydrazine groups is 1. The van der Waals surface area contributed by atoms with E-state index in [9.17, 15) is 20.1 Å². The first kappa shape index (κ1) is 15.6. The summed E-state index contributed by atoms with van der Waals surface area (Å²) in [5.41, 5.74) is 12.3. The van der Waals surface area contributed by atoms with Crippen LogP contribution in [-0.2, 0) is 9.53 Å². The van der Waals surface area contributed by atoms with Crippen LogP contribution in [0.5, 0.6) is 0 Å². The largest absolute Gasteiger partial charge is 0.394 e. The molecule has 1 aliphatic heterocycles. The van der Waals surface area contributed by atoms with Crippen LogP contribution in [0.15, 0.2) is 5.11 Å². The molecule has 1 unspecified atom stereocenters. The predicted molar refractivity (Wildman–Crippen MR) is 59.1 cm³/mol. The van der Waals surface area contributed by atoms with Crippen LogP contribution in [0.25, 0.3) is 10.4 Å². The molecular weight excluding hydrogens is 262 g/mol. The molecule has 0 aliphatic carbocycles. The first-order valence-corrected chi connectivity index (χ1v) is 5.37. The number of amides is 1. The summed E-state index contributed by atoms with van der Waals surface area (Å²) in [4.78, 5) is 13.5. The average molecular weight is 277 g/mol. The van der Waals surface area contributed by atoms with Gasteiger partial charge >= 0.3 is 0 Å². The van der Waals surface area contributed by atoms with Gasteiger partial charge in [-0.2, -0.15) is 0 Å². The average Bonchev–Trinajstić information content (AvgIpc) is 2.40. The fourth-order valence-corrected chi connectivity index (χ4v) is 1.55. The highest BCUT2D eigenvalue weighted by Crippen LogP contribution is 2.19. The van der Waals surface area contributed by atoms with Gasteiger partial charge in [-0.05, 0) is 5.53 Å². The van der Waals surface area contributed by atoms with E-state index in [0.29, 0.717) is 0 Å². The number of carbonyl (C=O) groups is 1. The Labute approximate surface area is 107 Å². The third-order valence-electron chi connectivity index (χ3n) is 2.56. The smallest absolute Gasteiger partial charge is 0.239 e. The number of aliphatic hydroxyl groups is 4. The molecule has 0 saturated carbocycles. The van der Waals surface area contributed by atoms with Crippen molar-refractivity contribution in [2.75, 3.05) is 13.2 Å². The van der Waals surface area contributed by atoms with Gasteiger partial charge in [0.1, 0.15) is 30.9 Å². The van der Waals surface area contributed by atoms with Gasteiger partial charge in [-0.3, -0.25) is 10.2 Å². The lowest BCUT2D eigenvalue weighted by Crippen LogP contribution is -2.66. The Kier molecular flexibility index (Phi) is 5.92. The van der Waals surface area contributed by atoms with E-state index in [1.807, 2.05) is 0 Å². The SMILES string of the molecule is [N-]=[N+]=NCC(=O)NN[C@H]1C(O)O[C@H](CO)[C@@H](O)[C@@H]1O. The third-order valence-corrected chi connectivity index (χ3v) is 2.56. The van der Waals surface area contributed by atoms with Crippen molar-refractivity contribution in [1.82, 2.24) is 10.9 Å². The lowest BCUT2D eigenvalue weighted by Gasteiger charge is -2.40. The maximum atomic E-state index is 11.1. The molecule has 1 aliphatic rings. The first-order valence-electron chi connectivity index (χ1n) is 5.37. The number of rotatable bonds is 5. The van der Waals surface area contributed by atoms with Crippen LogP contribution in [0.3, 0.4) is 0 Å².